The fourth-order valence-electron chi connectivity index (χ4n) is 2.69. The Morgan fingerprint density at radius 2 is 1.64 bits per heavy atom. The van der Waals surface area contributed by atoms with Crippen LogP contribution >= 0.6 is 0 Å². The molecule has 2 rings (SSSR count). The Morgan fingerprint density at radius 1 is 1.04 bits per heavy atom. The second-order valence-corrected chi connectivity index (χ2v) is 6.03. The number of allylic oxidation sites excluding steroid dienone is 1. The van der Waals surface area contributed by atoms with Gasteiger partial charge < -0.3 is 9.64 Å². The maximum absolute atomic E-state index is 12.2. The maximum atomic E-state index is 12.2. The molecule has 0 aliphatic carbocycles. The molecule has 25 heavy (non-hydrogen) atoms. The van der Waals surface area contributed by atoms with Crippen molar-refractivity contribution in [3.05, 3.63) is 71.8 Å². The van der Waals surface area contributed by atoms with Crippen molar-refractivity contribution in [3.63, 3.8) is 0 Å². The van der Waals surface area contributed by atoms with Gasteiger partial charge in [0.2, 0.25) is 5.91 Å². The second-order valence-electron chi connectivity index (χ2n) is 6.03. The zero-order valence-electron chi connectivity index (χ0n) is 15.5. The zero-order valence-corrected chi connectivity index (χ0v) is 15.5. The molecule has 0 aromatic heterocycles. The third kappa shape index (κ3) is 5.21. The van der Waals surface area contributed by atoms with Gasteiger partial charge in [0.25, 0.3) is 0 Å². The van der Waals surface area contributed by atoms with E-state index in [0.717, 1.165) is 35.5 Å². The van der Waals surface area contributed by atoms with Crippen molar-refractivity contribution >= 4 is 11.5 Å². The molecule has 3 nitrogen and oxygen atoms in total. The summed E-state index contributed by atoms with van der Waals surface area (Å²) in [5.41, 5.74) is 3.13. The highest BCUT2D eigenvalue weighted by atomic mass is 16.5. The predicted octanol–water partition coefficient (Wildman–Crippen LogP) is 5.10. The van der Waals surface area contributed by atoms with Gasteiger partial charge in [-0.2, -0.15) is 0 Å². The van der Waals surface area contributed by atoms with Gasteiger partial charge in [0, 0.05) is 19.2 Å². The summed E-state index contributed by atoms with van der Waals surface area (Å²) in [6, 6.07) is 18.0. The molecule has 1 amide bonds. The van der Waals surface area contributed by atoms with Crippen LogP contribution in [0.1, 0.15) is 44.9 Å². The molecule has 0 radical (unpaired) electrons. The summed E-state index contributed by atoms with van der Waals surface area (Å²) in [4.78, 5) is 14.0. The molecule has 3 heteroatoms. The SMILES string of the molecule is CCN(CC)C(=O)/C=C(\C)c1ccc(OC(C)c2ccccc2)cc1. The monoisotopic (exact) mass is 337 g/mol. The van der Waals surface area contributed by atoms with E-state index in [9.17, 15) is 4.79 Å². The Morgan fingerprint density at radius 3 is 2.20 bits per heavy atom. The van der Waals surface area contributed by atoms with E-state index in [4.69, 9.17) is 4.74 Å². The van der Waals surface area contributed by atoms with Crippen LogP contribution in [-0.4, -0.2) is 23.9 Å². The van der Waals surface area contributed by atoms with Gasteiger partial charge in [0.05, 0.1) is 0 Å². The number of hydrogen-bond acceptors (Lipinski definition) is 2. The van der Waals surface area contributed by atoms with Crippen LogP contribution in [0.4, 0.5) is 0 Å². The minimum absolute atomic E-state index is 0.00654. The molecule has 0 aliphatic rings. The van der Waals surface area contributed by atoms with Gasteiger partial charge in [-0.3, -0.25) is 4.79 Å². The molecule has 0 N–H and O–H groups in total. The van der Waals surface area contributed by atoms with Crippen LogP contribution in [-0.2, 0) is 4.79 Å². The number of carbonyl (C=O) groups excluding carboxylic acids is 1. The number of likely N-dealkylation sites (N-methyl/N-ethyl adjacent to an activating group) is 1. The Hall–Kier alpha value is -2.55. The number of rotatable bonds is 7. The van der Waals surface area contributed by atoms with Crippen LogP contribution in [0.2, 0.25) is 0 Å². The van der Waals surface area contributed by atoms with Gasteiger partial charge >= 0.3 is 0 Å². The first kappa shape index (κ1) is 18.8. The van der Waals surface area contributed by atoms with Gasteiger partial charge in [-0.15, -0.1) is 0 Å². The Bertz CT molecular complexity index is 701. The van der Waals surface area contributed by atoms with Crippen molar-refractivity contribution < 1.29 is 9.53 Å². The minimum Gasteiger partial charge on any atom is -0.486 e. The van der Waals surface area contributed by atoms with Crippen LogP contribution in [0, 0.1) is 0 Å². The van der Waals surface area contributed by atoms with E-state index in [1.165, 1.54) is 0 Å². The standard InChI is InChI=1S/C22H27NO2/c1-5-23(6-2)22(24)16-17(3)19-12-14-21(15-13-19)25-18(4)20-10-8-7-9-11-20/h7-16,18H,5-6H2,1-4H3/b17-16+. The summed E-state index contributed by atoms with van der Waals surface area (Å²) in [5, 5.41) is 0. The number of ether oxygens (including phenoxy) is 1. The van der Waals surface area contributed by atoms with Gasteiger partial charge in [0.15, 0.2) is 0 Å². The molecule has 132 valence electrons. The molecular formula is C22H27NO2. The highest BCUT2D eigenvalue weighted by molar-refractivity contribution is 5.94. The molecule has 0 bridgehead atoms. The van der Waals surface area contributed by atoms with Crippen LogP contribution < -0.4 is 4.74 Å². The van der Waals surface area contributed by atoms with E-state index in [0.29, 0.717) is 0 Å². The molecule has 1 unspecified atom stereocenters. The van der Waals surface area contributed by atoms with E-state index < -0.39 is 0 Å². The molecule has 0 heterocycles. The summed E-state index contributed by atoms with van der Waals surface area (Å²) in [6.45, 7) is 9.43. The average Bonchev–Trinajstić information content (AvgIpc) is 2.64. The summed E-state index contributed by atoms with van der Waals surface area (Å²) in [5.74, 6) is 0.878. The molecule has 2 aromatic carbocycles. The van der Waals surface area contributed by atoms with E-state index in [2.05, 4.69) is 12.1 Å². The molecule has 1 atom stereocenters. The number of benzene rings is 2. The van der Waals surface area contributed by atoms with Crippen molar-refractivity contribution in [2.45, 2.75) is 33.8 Å². The van der Waals surface area contributed by atoms with Crippen LogP contribution in [0.25, 0.3) is 5.57 Å². The van der Waals surface area contributed by atoms with Crippen molar-refractivity contribution in [1.82, 2.24) is 4.90 Å². The van der Waals surface area contributed by atoms with E-state index in [1.54, 1.807) is 6.08 Å². The summed E-state index contributed by atoms with van der Waals surface area (Å²) in [7, 11) is 0. The first-order chi connectivity index (χ1) is 12.0. The molecule has 0 aliphatic heterocycles. The van der Waals surface area contributed by atoms with Gasteiger partial charge in [-0.1, -0.05) is 42.5 Å². The molecule has 0 saturated heterocycles. The second kappa shape index (κ2) is 9.07. The quantitative estimate of drug-likeness (QED) is 0.658. The Labute approximate surface area is 150 Å². The lowest BCUT2D eigenvalue weighted by Gasteiger charge is -2.17. The van der Waals surface area contributed by atoms with Crippen LogP contribution in [0.3, 0.4) is 0 Å². The fraction of sp³-hybridized carbons (Fsp3) is 0.318. The van der Waals surface area contributed by atoms with Gasteiger partial charge in [0.1, 0.15) is 11.9 Å². The lowest BCUT2D eigenvalue weighted by molar-refractivity contribution is -0.125. The highest BCUT2D eigenvalue weighted by Crippen LogP contribution is 2.24. The third-order valence-electron chi connectivity index (χ3n) is 4.31. The van der Waals surface area contributed by atoms with E-state index >= 15 is 0 Å². The molecule has 0 saturated carbocycles. The number of amides is 1. The first-order valence-electron chi connectivity index (χ1n) is 8.84. The number of carbonyl (C=O) groups is 1. The van der Waals surface area contributed by atoms with E-state index in [1.807, 2.05) is 75.1 Å². The van der Waals surface area contributed by atoms with Gasteiger partial charge in [-0.05, 0) is 56.5 Å². The number of hydrogen-bond donors (Lipinski definition) is 0. The molecule has 0 fully saturated rings. The maximum Gasteiger partial charge on any atom is 0.246 e. The normalized spacial score (nSPS) is 12.6. The highest BCUT2D eigenvalue weighted by Gasteiger charge is 2.09. The minimum atomic E-state index is -0.00654. The van der Waals surface area contributed by atoms with Crippen molar-refractivity contribution in [1.29, 1.82) is 0 Å². The number of nitrogens with zero attached hydrogens (tertiary/aromatic N) is 1. The molecule has 0 spiro atoms. The molecular weight excluding hydrogens is 310 g/mol. The lowest BCUT2D eigenvalue weighted by atomic mass is 10.1. The topological polar surface area (TPSA) is 29.5 Å². The van der Waals surface area contributed by atoms with Gasteiger partial charge in [-0.25, -0.2) is 0 Å². The zero-order chi connectivity index (χ0) is 18.2. The Balaban J connectivity index is 2.05. The Kier molecular flexibility index (Phi) is 6.81. The van der Waals surface area contributed by atoms with Crippen LogP contribution in [0.5, 0.6) is 5.75 Å². The van der Waals surface area contributed by atoms with Crippen molar-refractivity contribution in [3.8, 4) is 5.75 Å². The summed E-state index contributed by atoms with van der Waals surface area (Å²) in [6.07, 6.45) is 1.70. The third-order valence-corrected chi connectivity index (χ3v) is 4.31. The average molecular weight is 337 g/mol. The first-order valence-corrected chi connectivity index (χ1v) is 8.84. The molecule has 2 aromatic rings. The summed E-state index contributed by atoms with van der Waals surface area (Å²) >= 11 is 0. The largest absolute Gasteiger partial charge is 0.486 e. The fourth-order valence-corrected chi connectivity index (χ4v) is 2.69. The van der Waals surface area contributed by atoms with Crippen molar-refractivity contribution in [2.75, 3.05) is 13.1 Å². The van der Waals surface area contributed by atoms with Crippen LogP contribution in [0.15, 0.2) is 60.7 Å². The summed E-state index contributed by atoms with van der Waals surface area (Å²) < 4.78 is 5.99. The van der Waals surface area contributed by atoms with E-state index in [-0.39, 0.29) is 12.0 Å². The van der Waals surface area contributed by atoms with Crippen molar-refractivity contribution in [2.24, 2.45) is 0 Å². The lowest BCUT2D eigenvalue weighted by Crippen LogP contribution is -2.28. The smallest absolute Gasteiger partial charge is 0.246 e. The predicted molar refractivity (Wildman–Crippen MR) is 104 cm³/mol.